The van der Waals surface area contributed by atoms with Gasteiger partial charge in [0, 0.05) is 15.7 Å². The van der Waals surface area contributed by atoms with E-state index in [1.54, 1.807) is 0 Å². The van der Waals surface area contributed by atoms with Crippen LogP contribution in [0.1, 0.15) is 27.7 Å². The van der Waals surface area contributed by atoms with E-state index >= 15 is 0 Å². The molecule has 0 bridgehead atoms. The van der Waals surface area contributed by atoms with Crippen molar-refractivity contribution >= 4 is 19.9 Å². The maximum Gasteiger partial charge on any atom is 0.0955 e. The summed E-state index contributed by atoms with van der Waals surface area (Å²) in [5, 5.41) is 1.87. The summed E-state index contributed by atoms with van der Waals surface area (Å²) < 4.78 is 12.9. The second kappa shape index (κ2) is 3.65. The number of rotatable bonds is 4. The molecule has 0 nitrogen and oxygen atoms in total. The van der Waals surface area contributed by atoms with E-state index in [-0.39, 0.29) is 12.1 Å². The highest BCUT2D eigenvalue weighted by molar-refractivity contribution is 9.08. The number of hydrogen-bond acceptors (Lipinski definition) is 1. The Kier molecular flexibility index (Phi) is 3.29. The van der Waals surface area contributed by atoms with E-state index in [0.717, 1.165) is 0 Å². The molecule has 0 aliphatic carbocycles. The van der Waals surface area contributed by atoms with Crippen molar-refractivity contribution in [3.63, 3.8) is 0 Å². The van der Waals surface area contributed by atoms with Crippen LogP contribution in [0, 0.1) is 11.3 Å². The molecule has 0 amide bonds. The van der Waals surface area contributed by atoms with Crippen LogP contribution in [0.2, 0.25) is 0 Å². The fourth-order valence-electron chi connectivity index (χ4n) is 2.45. The zero-order valence-corrected chi connectivity index (χ0v) is 10.9. The minimum Gasteiger partial charge on any atom is -0.250 e. The first-order valence-electron chi connectivity index (χ1n) is 4.79. The molecule has 0 spiro atoms. The van der Waals surface area contributed by atoms with Gasteiger partial charge in [-0.3, -0.25) is 4.39 Å². The summed E-state index contributed by atoms with van der Waals surface area (Å²) in [6.45, 7) is 8.45. The lowest BCUT2D eigenvalue weighted by atomic mass is 9.84. The highest BCUT2D eigenvalue weighted by atomic mass is 33.2. The Morgan fingerprint density at radius 2 is 1.92 bits per heavy atom. The number of alkyl halides is 1. The summed E-state index contributed by atoms with van der Waals surface area (Å²) >= 11 is 0. The highest BCUT2D eigenvalue weighted by Gasteiger charge is 2.49. The Hall–Kier alpha value is 0.630. The van der Waals surface area contributed by atoms with Gasteiger partial charge in [0.25, 0.3) is 0 Å². The fraction of sp³-hybridized carbons (Fsp3) is 1.00. The minimum atomic E-state index is -0.507. The summed E-state index contributed by atoms with van der Waals surface area (Å²) in [6, 6.07) is 0. The van der Waals surface area contributed by atoms with E-state index in [1.165, 1.54) is 5.08 Å². The molecule has 13 heavy (non-hydrogen) atoms. The van der Waals surface area contributed by atoms with Crippen molar-refractivity contribution in [2.45, 2.75) is 32.9 Å². The summed E-state index contributed by atoms with van der Waals surface area (Å²) in [5.41, 5.74) is -0.123. The molecule has 3 heteroatoms. The normalized spacial score (nSPS) is 35.6. The predicted octanol–water partition coefficient (Wildman–Crippen LogP) is 4.06. The fourth-order valence-corrected chi connectivity index (χ4v) is 9.61. The average Bonchev–Trinajstić information content (AvgIpc) is 2.67. The smallest absolute Gasteiger partial charge is 0.0955 e. The molecule has 2 atom stereocenters. The molecule has 1 heterocycles. The van der Waals surface area contributed by atoms with E-state index in [4.69, 9.17) is 0 Å². The lowest BCUT2D eigenvalue weighted by molar-refractivity contribution is 0.223. The summed E-state index contributed by atoms with van der Waals surface area (Å²) in [6.07, 6.45) is 2.36. The van der Waals surface area contributed by atoms with Crippen LogP contribution in [0.4, 0.5) is 4.39 Å². The largest absolute Gasteiger partial charge is 0.250 e. The van der Waals surface area contributed by atoms with Crippen LogP contribution in [-0.4, -0.2) is 23.3 Å². The summed E-state index contributed by atoms with van der Waals surface area (Å²) in [5.74, 6) is 0.612. The zero-order valence-electron chi connectivity index (χ0n) is 9.26. The second-order valence-corrected chi connectivity index (χ2v) is 11.9. The van der Waals surface area contributed by atoms with Crippen LogP contribution in [0.3, 0.4) is 0 Å². The van der Waals surface area contributed by atoms with Gasteiger partial charge in [-0.2, -0.15) is 9.06 Å². The third-order valence-corrected chi connectivity index (χ3v) is 9.54. The van der Waals surface area contributed by atoms with Crippen LogP contribution < -0.4 is 0 Å². The molecule has 1 fully saturated rings. The zero-order chi connectivity index (χ0) is 10.3. The lowest BCUT2D eigenvalue weighted by Crippen LogP contribution is -2.36. The molecule has 0 aromatic carbocycles. The van der Waals surface area contributed by atoms with Crippen LogP contribution in [-0.2, 0) is 0 Å². The van der Waals surface area contributed by atoms with Crippen molar-refractivity contribution < 1.29 is 4.39 Å². The molecular formula is C10H21FS2. The molecule has 0 aromatic rings. The van der Waals surface area contributed by atoms with Crippen molar-refractivity contribution in [2.24, 2.45) is 11.3 Å². The van der Waals surface area contributed by atoms with Crippen molar-refractivity contribution in [1.82, 2.24) is 0 Å². The average molecular weight is 224 g/mol. The van der Waals surface area contributed by atoms with Gasteiger partial charge in [0.1, 0.15) is 0 Å². The lowest BCUT2D eigenvalue weighted by Gasteiger charge is -2.41. The second-order valence-electron chi connectivity index (χ2n) is 5.09. The molecule has 1 aliphatic rings. The molecule has 1 aliphatic heterocycles. The topological polar surface area (TPSA) is 0 Å². The molecule has 0 radical (unpaired) electrons. The van der Waals surface area contributed by atoms with Gasteiger partial charge >= 0.3 is 0 Å². The van der Waals surface area contributed by atoms with Crippen molar-refractivity contribution in [3.05, 3.63) is 0 Å². The summed E-state index contributed by atoms with van der Waals surface area (Å²) in [7, 11) is 1.56. The van der Waals surface area contributed by atoms with Gasteiger partial charge in [-0.1, -0.05) is 27.7 Å². The Morgan fingerprint density at radius 1 is 1.46 bits per heavy atom. The van der Waals surface area contributed by atoms with Gasteiger partial charge in [0.2, 0.25) is 0 Å². The van der Waals surface area contributed by atoms with Crippen LogP contribution >= 0.6 is 19.9 Å². The molecule has 1 saturated heterocycles. The first-order chi connectivity index (χ1) is 5.83. The van der Waals surface area contributed by atoms with E-state index < -0.39 is 9.06 Å². The standard InChI is InChI=1S/C10H21FS2/c1-8(2)9(10(3,4)6-11)13(5)7-12-13/h8-9H,6-7H2,1-5H3. The minimum absolute atomic E-state index is 0.123. The van der Waals surface area contributed by atoms with Crippen LogP contribution in [0.15, 0.2) is 0 Å². The molecule has 2 unspecified atom stereocenters. The first kappa shape index (κ1) is 11.7. The van der Waals surface area contributed by atoms with Crippen LogP contribution in [0.5, 0.6) is 0 Å². The maximum atomic E-state index is 12.9. The van der Waals surface area contributed by atoms with Gasteiger partial charge < -0.3 is 0 Å². The number of hydrogen-bond donors (Lipinski definition) is 0. The van der Waals surface area contributed by atoms with Crippen molar-refractivity contribution in [3.8, 4) is 0 Å². The monoisotopic (exact) mass is 224 g/mol. The Balaban J connectivity index is 2.80. The van der Waals surface area contributed by atoms with Crippen LogP contribution in [0.25, 0.3) is 0 Å². The van der Waals surface area contributed by atoms with Gasteiger partial charge in [0.05, 0.1) is 6.67 Å². The molecule has 0 N–H and O–H groups in total. The third kappa shape index (κ3) is 2.35. The molecule has 1 rings (SSSR count). The molecular weight excluding hydrogens is 203 g/mol. The Bertz CT molecular complexity index is 185. The summed E-state index contributed by atoms with van der Waals surface area (Å²) in [4.78, 5) is 0. The first-order valence-corrected chi connectivity index (χ1v) is 8.56. The molecule has 0 aromatic heterocycles. The number of halogens is 1. The molecule has 0 saturated carbocycles. The Labute approximate surface area is 86.8 Å². The van der Waals surface area contributed by atoms with E-state index in [1.807, 2.05) is 0 Å². The van der Waals surface area contributed by atoms with E-state index in [2.05, 4.69) is 44.7 Å². The van der Waals surface area contributed by atoms with E-state index in [0.29, 0.717) is 11.2 Å². The SMILES string of the molecule is CC(C)C(C(C)(C)CF)S1(C)CS1. The predicted molar refractivity (Wildman–Crippen MR) is 64.4 cm³/mol. The van der Waals surface area contributed by atoms with Gasteiger partial charge in [-0.15, -0.1) is 10.8 Å². The Morgan fingerprint density at radius 3 is 2.15 bits per heavy atom. The van der Waals surface area contributed by atoms with Crippen molar-refractivity contribution in [1.29, 1.82) is 0 Å². The quantitative estimate of drug-likeness (QED) is 0.512. The van der Waals surface area contributed by atoms with Gasteiger partial charge in [-0.25, -0.2) is 0 Å². The van der Waals surface area contributed by atoms with Crippen molar-refractivity contribution in [2.75, 3.05) is 18.0 Å². The van der Waals surface area contributed by atoms with Gasteiger partial charge in [0.15, 0.2) is 0 Å². The molecule has 80 valence electrons. The maximum absolute atomic E-state index is 12.9. The third-order valence-electron chi connectivity index (χ3n) is 2.75. The highest BCUT2D eigenvalue weighted by Crippen LogP contribution is 2.81. The van der Waals surface area contributed by atoms with E-state index in [9.17, 15) is 4.39 Å². The van der Waals surface area contributed by atoms with Gasteiger partial charge in [-0.05, 0) is 12.2 Å².